The molecule has 1 aromatic carbocycles. The van der Waals surface area contributed by atoms with Crippen molar-refractivity contribution >= 4 is 23.5 Å². The molecule has 6 heteroatoms. The summed E-state index contributed by atoms with van der Waals surface area (Å²) in [5.74, 6) is -2.20. The van der Waals surface area contributed by atoms with Gasteiger partial charge in [-0.2, -0.15) is 0 Å². The molecule has 0 bridgehead atoms. The van der Waals surface area contributed by atoms with Crippen molar-refractivity contribution < 1.29 is 19.1 Å². The molecule has 0 aromatic heterocycles. The lowest BCUT2D eigenvalue weighted by molar-refractivity contribution is -0.148. The fourth-order valence-electron chi connectivity index (χ4n) is 1.36. The predicted molar refractivity (Wildman–Crippen MR) is 65.0 cm³/mol. The van der Waals surface area contributed by atoms with E-state index in [4.69, 9.17) is 16.7 Å². The number of amides is 1. The molecule has 0 spiro atoms. The maximum atomic E-state index is 13.5. The van der Waals surface area contributed by atoms with E-state index in [2.05, 4.69) is 0 Å². The Balaban J connectivity index is 2.85. The number of carbonyl (C=O) groups excluding carboxylic acids is 1. The Morgan fingerprint density at radius 2 is 2.11 bits per heavy atom. The summed E-state index contributed by atoms with van der Waals surface area (Å²) in [5.41, 5.74) is 0.0774. The third kappa shape index (κ3) is 3.20. The van der Waals surface area contributed by atoms with Crippen molar-refractivity contribution in [2.24, 2.45) is 0 Å². The summed E-state index contributed by atoms with van der Waals surface area (Å²) < 4.78 is 13.5. The van der Waals surface area contributed by atoms with Crippen LogP contribution in [0.25, 0.3) is 0 Å². The van der Waals surface area contributed by atoms with E-state index in [0.717, 1.165) is 4.90 Å². The van der Waals surface area contributed by atoms with Gasteiger partial charge in [-0.15, -0.1) is 0 Å². The monoisotopic (exact) mass is 273 g/mol. The molecule has 0 fully saturated rings. The number of carbonyl (C=O) groups is 2. The van der Waals surface area contributed by atoms with E-state index >= 15 is 0 Å². The van der Waals surface area contributed by atoms with E-state index in [0.29, 0.717) is 0 Å². The molecule has 1 unspecified atom stereocenters. The number of carboxylic acid groups (broad SMARTS) is 1. The standard InChI is InChI=1S/C12H13ClFNO3/c1-7(12(17)18)15(2)11(16)6-8-9(13)4-3-5-10(8)14/h3-5,7H,6H2,1-2H3,(H,17,18). The van der Waals surface area contributed by atoms with E-state index in [-0.39, 0.29) is 17.0 Å². The van der Waals surface area contributed by atoms with Crippen LogP contribution in [0.2, 0.25) is 5.02 Å². The molecule has 0 saturated carbocycles. The first kappa shape index (κ1) is 14.4. The molecule has 0 saturated heterocycles. The third-order valence-corrected chi connectivity index (χ3v) is 3.08. The van der Waals surface area contributed by atoms with E-state index < -0.39 is 23.7 Å². The Hall–Kier alpha value is -1.62. The summed E-state index contributed by atoms with van der Waals surface area (Å²) in [7, 11) is 1.36. The number of aliphatic carboxylic acids is 1. The number of hydrogen-bond acceptors (Lipinski definition) is 2. The molecule has 98 valence electrons. The third-order valence-electron chi connectivity index (χ3n) is 2.72. The summed E-state index contributed by atoms with van der Waals surface area (Å²) in [4.78, 5) is 23.6. The lowest BCUT2D eigenvalue weighted by Gasteiger charge is -2.21. The number of hydrogen-bond donors (Lipinski definition) is 1. The lowest BCUT2D eigenvalue weighted by Crippen LogP contribution is -2.41. The van der Waals surface area contributed by atoms with Crippen LogP contribution in [-0.4, -0.2) is 35.0 Å². The minimum atomic E-state index is -1.12. The minimum Gasteiger partial charge on any atom is -0.480 e. The molecule has 18 heavy (non-hydrogen) atoms. The van der Waals surface area contributed by atoms with Gasteiger partial charge in [0.2, 0.25) is 5.91 Å². The molecule has 1 aromatic rings. The van der Waals surface area contributed by atoms with Crippen LogP contribution < -0.4 is 0 Å². The maximum absolute atomic E-state index is 13.5. The van der Waals surface area contributed by atoms with Gasteiger partial charge in [-0.3, -0.25) is 4.79 Å². The highest BCUT2D eigenvalue weighted by atomic mass is 35.5. The highest BCUT2D eigenvalue weighted by molar-refractivity contribution is 6.31. The van der Waals surface area contributed by atoms with Crippen molar-refractivity contribution in [3.63, 3.8) is 0 Å². The van der Waals surface area contributed by atoms with Gasteiger partial charge in [0.1, 0.15) is 11.9 Å². The van der Waals surface area contributed by atoms with Crippen LogP contribution in [0, 0.1) is 5.82 Å². The Bertz CT molecular complexity index is 458. The number of benzene rings is 1. The SMILES string of the molecule is CC(C(=O)O)N(C)C(=O)Cc1c(F)cccc1Cl. The van der Waals surface area contributed by atoms with Gasteiger partial charge in [0.15, 0.2) is 0 Å². The zero-order valence-electron chi connectivity index (χ0n) is 9.98. The summed E-state index contributed by atoms with van der Waals surface area (Å²) in [6, 6.07) is 3.15. The summed E-state index contributed by atoms with van der Waals surface area (Å²) in [6.07, 6.45) is -0.264. The Morgan fingerprint density at radius 3 is 2.61 bits per heavy atom. The van der Waals surface area contributed by atoms with Gasteiger partial charge >= 0.3 is 5.97 Å². The van der Waals surface area contributed by atoms with E-state index in [1.807, 2.05) is 0 Å². The quantitative estimate of drug-likeness (QED) is 0.912. The first-order valence-corrected chi connectivity index (χ1v) is 5.63. The van der Waals surface area contributed by atoms with Gasteiger partial charge in [-0.25, -0.2) is 9.18 Å². The van der Waals surface area contributed by atoms with Crippen LogP contribution in [0.3, 0.4) is 0 Å². The van der Waals surface area contributed by atoms with Crippen LogP contribution in [-0.2, 0) is 16.0 Å². The van der Waals surface area contributed by atoms with Gasteiger partial charge < -0.3 is 10.0 Å². The van der Waals surface area contributed by atoms with Gasteiger partial charge in [0.25, 0.3) is 0 Å². The Kier molecular flexibility index (Phi) is 4.67. The van der Waals surface area contributed by atoms with Gasteiger partial charge in [0.05, 0.1) is 6.42 Å². The fraction of sp³-hybridized carbons (Fsp3) is 0.333. The smallest absolute Gasteiger partial charge is 0.326 e. The molecular formula is C12H13ClFNO3. The molecule has 1 amide bonds. The van der Waals surface area contributed by atoms with Gasteiger partial charge in [0, 0.05) is 17.6 Å². The Morgan fingerprint density at radius 1 is 1.50 bits per heavy atom. The molecular weight excluding hydrogens is 261 g/mol. The first-order valence-electron chi connectivity index (χ1n) is 5.26. The molecule has 0 aliphatic heterocycles. The second-order valence-corrected chi connectivity index (χ2v) is 4.30. The molecule has 0 aliphatic rings. The second-order valence-electron chi connectivity index (χ2n) is 3.90. The van der Waals surface area contributed by atoms with Crippen molar-refractivity contribution in [1.82, 2.24) is 4.90 Å². The van der Waals surface area contributed by atoms with E-state index in [1.165, 1.54) is 32.2 Å². The molecule has 0 heterocycles. The van der Waals surface area contributed by atoms with Crippen molar-refractivity contribution in [2.75, 3.05) is 7.05 Å². The fourth-order valence-corrected chi connectivity index (χ4v) is 1.59. The van der Waals surface area contributed by atoms with Crippen LogP contribution in [0.4, 0.5) is 4.39 Å². The highest BCUT2D eigenvalue weighted by Crippen LogP contribution is 2.20. The molecule has 4 nitrogen and oxygen atoms in total. The van der Waals surface area contributed by atoms with Crippen molar-refractivity contribution in [1.29, 1.82) is 0 Å². The molecule has 1 N–H and O–H groups in total. The van der Waals surface area contributed by atoms with Crippen LogP contribution in [0.1, 0.15) is 12.5 Å². The Labute approximate surface area is 109 Å². The highest BCUT2D eigenvalue weighted by Gasteiger charge is 2.23. The number of nitrogens with zero attached hydrogens (tertiary/aromatic N) is 1. The summed E-state index contributed by atoms with van der Waals surface area (Å²) >= 11 is 5.79. The van der Waals surface area contributed by atoms with Gasteiger partial charge in [-0.05, 0) is 19.1 Å². The molecule has 0 aliphatic carbocycles. The normalized spacial score (nSPS) is 12.0. The maximum Gasteiger partial charge on any atom is 0.326 e. The number of carboxylic acids is 1. The minimum absolute atomic E-state index is 0.0774. The van der Waals surface area contributed by atoms with Crippen molar-refractivity contribution in [2.45, 2.75) is 19.4 Å². The van der Waals surface area contributed by atoms with Crippen LogP contribution in [0.5, 0.6) is 0 Å². The van der Waals surface area contributed by atoms with Crippen LogP contribution in [0.15, 0.2) is 18.2 Å². The van der Waals surface area contributed by atoms with Gasteiger partial charge in [-0.1, -0.05) is 17.7 Å². The van der Waals surface area contributed by atoms with Crippen LogP contribution >= 0.6 is 11.6 Å². The molecule has 0 radical (unpaired) electrons. The molecule has 1 atom stereocenters. The zero-order valence-corrected chi connectivity index (χ0v) is 10.7. The predicted octanol–water partition coefficient (Wildman–Crippen LogP) is 1.95. The largest absolute Gasteiger partial charge is 0.480 e. The lowest BCUT2D eigenvalue weighted by atomic mass is 10.1. The van der Waals surface area contributed by atoms with E-state index in [9.17, 15) is 14.0 Å². The number of halogens is 2. The number of rotatable bonds is 4. The number of likely N-dealkylation sites (N-methyl/N-ethyl adjacent to an activating group) is 1. The zero-order chi connectivity index (χ0) is 13.9. The van der Waals surface area contributed by atoms with Crippen molar-refractivity contribution in [3.05, 3.63) is 34.6 Å². The second kappa shape index (κ2) is 5.82. The summed E-state index contributed by atoms with van der Waals surface area (Å²) in [5, 5.41) is 8.94. The average molecular weight is 274 g/mol. The average Bonchev–Trinajstić information content (AvgIpc) is 2.31. The summed E-state index contributed by atoms with van der Waals surface area (Å²) in [6.45, 7) is 1.38. The van der Waals surface area contributed by atoms with E-state index in [1.54, 1.807) is 0 Å². The topological polar surface area (TPSA) is 57.6 Å². The van der Waals surface area contributed by atoms with Crippen molar-refractivity contribution in [3.8, 4) is 0 Å². The molecule has 1 rings (SSSR count). The first-order chi connectivity index (χ1) is 8.34.